The molecule has 6 rings (SSSR count). The van der Waals surface area contributed by atoms with Crippen molar-refractivity contribution in [1.29, 1.82) is 0 Å². The highest BCUT2D eigenvalue weighted by Gasteiger charge is 2.52. The highest BCUT2D eigenvalue weighted by molar-refractivity contribution is 6.31. The molecule has 4 aromatic carbocycles. The number of nitrogens with one attached hydrogen (secondary N) is 1. The molecule has 0 saturated carbocycles. The summed E-state index contributed by atoms with van der Waals surface area (Å²) in [6.45, 7) is 2.20. The van der Waals surface area contributed by atoms with E-state index in [4.69, 9.17) is 17.3 Å². The molecule has 3 amide bonds. The second kappa shape index (κ2) is 13.6. The fourth-order valence-corrected chi connectivity index (χ4v) is 6.63. The van der Waals surface area contributed by atoms with Crippen molar-refractivity contribution in [3.8, 4) is 0 Å². The first kappa shape index (κ1) is 33.0. The lowest BCUT2D eigenvalue weighted by molar-refractivity contribution is -0.139. The number of fused-ring (bicyclic) bond motifs is 2. The normalized spacial score (nSPS) is 19.2. The number of hydrogen-bond donors (Lipinski definition) is 4. The number of halogens is 1. The molecule has 0 spiro atoms. The van der Waals surface area contributed by atoms with Crippen molar-refractivity contribution in [2.24, 2.45) is 5.92 Å². The molecule has 0 radical (unpaired) electrons. The number of hydrogen-bond acceptors (Lipinski definition) is 6. The Morgan fingerprint density at radius 2 is 1.75 bits per heavy atom. The molecule has 2 aliphatic heterocycles. The average Bonchev–Trinajstić information content (AvgIpc) is 3.30. The van der Waals surface area contributed by atoms with Crippen LogP contribution < -0.4 is 16.0 Å². The maximum Gasteiger partial charge on any atom is 0.264 e. The van der Waals surface area contributed by atoms with E-state index in [2.05, 4.69) is 5.32 Å². The number of nitrogen functional groups attached to an aromatic ring is 1. The topological polar surface area (TPSA) is 136 Å². The Bertz CT molecular complexity index is 1880. The van der Waals surface area contributed by atoms with Gasteiger partial charge < -0.3 is 31.1 Å². The third kappa shape index (κ3) is 6.44. The minimum Gasteiger partial charge on any atom is -0.399 e. The van der Waals surface area contributed by atoms with Crippen molar-refractivity contribution in [2.45, 2.75) is 44.5 Å². The molecule has 0 saturated heterocycles. The van der Waals surface area contributed by atoms with Crippen LogP contribution in [-0.4, -0.2) is 45.5 Å². The average molecular weight is 665 g/mol. The Kier molecular flexibility index (Phi) is 9.37. The Balaban J connectivity index is 1.15. The molecule has 0 fully saturated rings. The van der Waals surface area contributed by atoms with Crippen LogP contribution in [0.5, 0.6) is 0 Å². The smallest absolute Gasteiger partial charge is 0.264 e. The summed E-state index contributed by atoms with van der Waals surface area (Å²) in [5.41, 5.74) is 9.35. The number of nitrogens with two attached hydrogens (primary N) is 1. The summed E-state index contributed by atoms with van der Waals surface area (Å²) in [5, 5.41) is 25.3. The first-order valence-corrected chi connectivity index (χ1v) is 16.2. The van der Waals surface area contributed by atoms with E-state index in [9.17, 15) is 24.6 Å². The SMILES string of the molecule is C[C@@H](/C=C/CC(=O)N1Cc2ccccc2C[C@H]1CO)[C@]1(O)C(=O)N(Cc2ccc(NC(=O)c3ccc(N)cc3)cc2)c2ccc(Cl)cc21. The van der Waals surface area contributed by atoms with Crippen LogP contribution in [0.3, 0.4) is 0 Å². The lowest BCUT2D eigenvalue weighted by Gasteiger charge is -2.36. The van der Waals surface area contributed by atoms with Gasteiger partial charge >= 0.3 is 0 Å². The van der Waals surface area contributed by atoms with Gasteiger partial charge in [0.2, 0.25) is 5.91 Å². The van der Waals surface area contributed by atoms with E-state index in [1.54, 1.807) is 78.6 Å². The molecule has 48 heavy (non-hydrogen) atoms. The highest BCUT2D eigenvalue weighted by Crippen LogP contribution is 2.46. The molecule has 2 aliphatic rings. The van der Waals surface area contributed by atoms with Crippen LogP contribution in [0.1, 0.15) is 46.0 Å². The summed E-state index contributed by atoms with van der Waals surface area (Å²) in [6, 6.07) is 26.4. The van der Waals surface area contributed by atoms with Crippen LogP contribution in [0.15, 0.2) is 103 Å². The summed E-state index contributed by atoms with van der Waals surface area (Å²) in [6.07, 6.45) is 4.01. The Hall–Kier alpha value is -4.96. The van der Waals surface area contributed by atoms with Crippen LogP contribution in [-0.2, 0) is 34.7 Å². The number of carbonyl (C=O) groups is 3. The molecule has 0 unspecified atom stereocenters. The predicted molar refractivity (Wildman–Crippen MR) is 186 cm³/mol. The number of amides is 3. The minimum absolute atomic E-state index is 0.0562. The molecule has 0 bridgehead atoms. The maximum atomic E-state index is 14.0. The zero-order valence-electron chi connectivity index (χ0n) is 26.5. The van der Waals surface area contributed by atoms with Gasteiger partial charge in [-0.25, -0.2) is 0 Å². The fraction of sp³-hybridized carbons (Fsp3) is 0.237. The molecule has 246 valence electrons. The van der Waals surface area contributed by atoms with Crippen LogP contribution in [0.25, 0.3) is 0 Å². The van der Waals surface area contributed by atoms with E-state index in [-0.39, 0.29) is 37.4 Å². The lowest BCUT2D eigenvalue weighted by atomic mass is 9.83. The van der Waals surface area contributed by atoms with Gasteiger partial charge in [0.1, 0.15) is 0 Å². The number of nitrogens with zero attached hydrogens (tertiary/aromatic N) is 2. The minimum atomic E-state index is -1.91. The molecule has 4 aromatic rings. The summed E-state index contributed by atoms with van der Waals surface area (Å²) >= 11 is 6.35. The number of rotatable bonds is 9. The van der Waals surface area contributed by atoms with Gasteiger partial charge in [0, 0.05) is 46.4 Å². The molecule has 3 atom stereocenters. The first-order valence-electron chi connectivity index (χ1n) is 15.8. The van der Waals surface area contributed by atoms with Crippen molar-refractivity contribution >= 4 is 46.4 Å². The second-order valence-corrected chi connectivity index (χ2v) is 12.8. The molecular formula is C38H37ClN4O5. The molecule has 2 heterocycles. The summed E-state index contributed by atoms with van der Waals surface area (Å²) < 4.78 is 0. The van der Waals surface area contributed by atoms with E-state index in [0.717, 1.165) is 16.7 Å². The van der Waals surface area contributed by atoms with Crippen LogP contribution in [0, 0.1) is 5.92 Å². The van der Waals surface area contributed by atoms with Gasteiger partial charge in [-0.15, -0.1) is 0 Å². The van der Waals surface area contributed by atoms with Crippen LogP contribution in [0.2, 0.25) is 5.02 Å². The lowest BCUT2D eigenvalue weighted by Crippen LogP contribution is -2.46. The predicted octanol–water partition coefficient (Wildman–Crippen LogP) is 5.44. The Morgan fingerprint density at radius 3 is 2.46 bits per heavy atom. The molecule has 5 N–H and O–H groups in total. The number of benzene rings is 4. The highest BCUT2D eigenvalue weighted by atomic mass is 35.5. The zero-order valence-corrected chi connectivity index (χ0v) is 27.2. The van der Waals surface area contributed by atoms with E-state index in [1.165, 1.54) is 4.90 Å². The number of aliphatic hydroxyl groups is 2. The van der Waals surface area contributed by atoms with Gasteiger partial charge in [-0.3, -0.25) is 14.4 Å². The third-order valence-electron chi connectivity index (χ3n) is 9.22. The second-order valence-electron chi connectivity index (χ2n) is 12.3. The van der Waals surface area contributed by atoms with E-state index >= 15 is 0 Å². The van der Waals surface area contributed by atoms with Crippen molar-refractivity contribution in [3.63, 3.8) is 0 Å². The van der Waals surface area contributed by atoms with Gasteiger partial charge in [0.15, 0.2) is 5.60 Å². The number of anilines is 3. The molecule has 0 aliphatic carbocycles. The fourth-order valence-electron chi connectivity index (χ4n) is 6.46. The van der Waals surface area contributed by atoms with E-state index < -0.39 is 17.4 Å². The summed E-state index contributed by atoms with van der Waals surface area (Å²) in [7, 11) is 0. The van der Waals surface area contributed by atoms with Crippen molar-refractivity contribution in [2.75, 3.05) is 22.6 Å². The molecular weight excluding hydrogens is 628 g/mol. The van der Waals surface area contributed by atoms with Crippen molar-refractivity contribution in [3.05, 3.63) is 136 Å². The van der Waals surface area contributed by atoms with Gasteiger partial charge in [-0.05, 0) is 77.7 Å². The van der Waals surface area contributed by atoms with E-state index in [1.807, 2.05) is 36.4 Å². The molecule has 10 heteroatoms. The molecule has 0 aromatic heterocycles. The van der Waals surface area contributed by atoms with Gasteiger partial charge in [-0.1, -0.05) is 67.1 Å². The Morgan fingerprint density at radius 1 is 1.04 bits per heavy atom. The standard InChI is InChI=1S/C38H37ClN4O5/c1-24(5-4-8-35(45)42-22-28-7-3-2-6-27(28)19-32(42)23-44)38(48)33-20-29(39)13-18-34(33)43(37(38)47)21-25-9-16-31(17-10-25)41-36(46)26-11-14-30(40)15-12-26/h2-7,9-18,20,24,32,44,48H,8,19,21-23,40H2,1H3,(H,41,46)/b5-4+/t24-,32-,38+/m0/s1. The number of aliphatic hydroxyl groups excluding tert-OH is 1. The zero-order chi connectivity index (χ0) is 34.0. The summed E-state index contributed by atoms with van der Waals surface area (Å²) in [4.78, 5) is 43.1. The number of carbonyl (C=O) groups excluding carboxylic acids is 3. The largest absolute Gasteiger partial charge is 0.399 e. The van der Waals surface area contributed by atoms with Crippen molar-refractivity contribution in [1.82, 2.24) is 4.90 Å². The summed E-state index contributed by atoms with van der Waals surface area (Å²) in [5.74, 6) is -1.61. The van der Waals surface area contributed by atoms with Gasteiger partial charge in [-0.2, -0.15) is 0 Å². The van der Waals surface area contributed by atoms with Gasteiger partial charge in [0.05, 0.1) is 24.9 Å². The Labute approximate surface area is 284 Å². The van der Waals surface area contributed by atoms with E-state index in [0.29, 0.717) is 46.2 Å². The first-order chi connectivity index (χ1) is 23.1. The van der Waals surface area contributed by atoms with Crippen LogP contribution >= 0.6 is 11.6 Å². The monoisotopic (exact) mass is 664 g/mol. The molecule has 9 nitrogen and oxygen atoms in total. The van der Waals surface area contributed by atoms with Crippen molar-refractivity contribution < 1.29 is 24.6 Å². The van der Waals surface area contributed by atoms with Gasteiger partial charge in [0.25, 0.3) is 11.8 Å². The maximum absolute atomic E-state index is 14.0. The third-order valence-corrected chi connectivity index (χ3v) is 9.45. The quantitative estimate of drug-likeness (QED) is 0.139. The van der Waals surface area contributed by atoms with Crippen LogP contribution in [0.4, 0.5) is 17.1 Å².